The van der Waals surface area contributed by atoms with Crippen LogP contribution in [0.4, 0.5) is 0 Å². The summed E-state index contributed by atoms with van der Waals surface area (Å²) in [5.41, 5.74) is 1.60. The second-order valence-electron chi connectivity index (χ2n) is 6.27. The molecule has 0 radical (unpaired) electrons. The molecule has 0 saturated carbocycles. The van der Waals surface area contributed by atoms with Crippen molar-refractivity contribution in [2.24, 2.45) is 0 Å². The number of ketones is 2. The van der Waals surface area contributed by atoms with Crippen molar-refractivity contribution >= 4 is 17.5 Å². The molecule has 0 saturated heterocycles. The fourth-order valence-electron chi connectivity index (χ4n) is 2.75. The number of benzene rings is 1. The van der Waals surface area contributed by atoms with E-state index in [9.17, 15) is 14.4 Å². The van der Waals surface area contributed by atoms with Gasteiger partial charge in [0.15, 0.2) is 5.78 Å². The Morgan fingerprint density at radius 1 is 1.07 bits per heavy atom. The van der Waals surface area contributed by atoms with Gasteiger partial charge in [0.2, 0.25) is 5.78 Å². The third-order valence-corrected chi connectivity index (χ3v) is 4.06. The summed E-state index contributed by atoms with van der Waals surface area (Å²) in [5, 5.41) is 6.91. The van der Waals surface area contributed by atoms with E-state index >= 15 is 0 Å². The van der Waals surface area contributed by atoms with Crippen LogP contribution in [-0.4, -0.2) is 43.3 Å². The monoisotopic (exact) mass is 377 g/mol. The van der Waals surface area contributed by atoms with Crippen LogP contribution in [0.3, 0.4) is 0 Å². The standard InChI is InChI=1S/C20H19N5O3/c1-13-11-17(25(24-13)20-21-9-6-10-22-20)19(28)23-16(18(27)14(2)26)12-15-7-4-3-5-8-15/h3-11,16H,12H2,1-2H3,(H,23,28). The van der Waals surface area contributed by atoms with Crippen molar-refractivity contribution < 1.29 is 14.4 Å². The highest BCUT2D eigenvalue weighted by Crippen LogP contribution is 2.11. The number of nitrogens with one attached hydrogen (secondary N) is 1. The number of rotatable bonds is 7. The molecule has 1 amide bonds. The molecule has 0 aliphatic carbocycles. The lowest BCUT2D eigenvalue weighted by molar-refractivity contribution is -0.136. The van der Waals surface area contributed by atoms with Gasteiger partial charge in [-0.25, -0.2) is 9.97 Å². The first-order chi connectivity index (χ1) is 13.5. The van der Waals surface area contributed by atoms with E-state index in [1.165, 1.54) is 11.6 Å². The summed E-state index contributed by atoms with van der Waals surface area (Å²) < 4.78 is 1.31. The van der Waals surface area contributed by atoms with E-state index in [1.54, 1.807) is 31.5 Å². The van der Waals surface area contributed by atoms with E-state index in [2.05, 4.69) is 20.4 Å². The maximum absolute atomic E-state index is 12.9. The molecule has 0 spiro atoms. The Balaban J connectivity index is 1.88. The SMILES string of the molecule is CC(=O)C(=O)C(Cc1ccccc1)NC(=O)c1cc(C)nn1-c1ncccn1. The van der Waals surface area contributed by atoms with Crippen LogP contribution >= 0.6 is 0 Å². The number of nitrogens with zero attached hydrogens (tertiary/aromatic N) is 4. The van der Waals surface area contributed by atoms with E-state index in [0.717, 1.165) is 5.56 Å². The van der Waals surface area contributed by atoms with Gasteiger partial charge in [0.05, 0.1) is 11.7 Å². The molecule has 0 aliphatic heterocycles. The molecule has 8 nitrogen and oxygen atoms in total. The van der Waals surface area contributed by atoms with Crippen molar-refractivity contribution in [2.45, 2.75) is 26.3 Å². The van der Waals surface area contributed by atoms with E-state index in [0.29, 0.717) is 5.69 Å². The van der Waals surface area contributed by atoms with Crippen molar-refractivity contribution in [3.05, 3.63) is 71.8 Å². The van der Waals surface area contributed by atoms with Crippen LogP contribution in [0, 0.1) is 6.92 Å². The first kappa shape index (κ1) is 19.1. The van der Waals surface area contributed by atoms with Gasteiger partial charge in [0.25, 0.3) is 11.9 Å². The van der Waals surface area contributed by atoms with Gasteiger partial charge in [-0.3, -0.25) is 14.4 Å². The summed E-state index contributed by atoms with van der Waals surface area (Å²) >= 11 is 0. The molecule has 142 valence electrons. The van der Waals surface area contributed by atoms with Gasteiger partial charge in [0.1, 0.15) is 5.69 Å². The van der Waals surface area contributed by atoms with E-state index < -0.39 is 23.5 Å². The molecule has 1 atom stereocenters. The lowest BCUT2D eigenvalue weighted by atomic mass is 10.0. The van der Waals surface area contributed by atoms with Crippen molar-refractivity contribution in [3.63, 3.8) is 0 Å². The van der Waals surface area contributed by atoms with Crippen molar-refractivity contribution in [1.82, 2.24) is 25.1 Å². The van der Waals surface area contributed by atoms with Crippen LogP contribution in [0.25, 0.3) is 5.95 Å². The first-order valence-corrected chi connectivity index (χ1v) is 8.69. The minimum Gasteiger partial charge on any atom is -0.340 e. The molecule has 0 bridgehead atoms. The summed E-state index contributed by atoms with van der Waals surface area (Å²) in [7, 11) is 0. The number of aryl methyl sites for hydroxylation is 1. The van der Waals surface area contributed by atoms with E-state index in [-0.39, 0.29) is 18.1 Å². The Morgan fingerprint density at radius 2 is 1.75 bits per heavy atom. The number of amides is 1. The molecular weight excluding hydrogens is 358 g/mol. The average Bonchev–Trinajstić information content (AvgIpc) is 3.10. The highest BCUT2D eigenvalue weighted by atomic mass is 16.2. The Morgan fingerprint density at radius 3 is 2.39 bits per heavy atom. The molecule has 1 aromatic carbocycles. The molecule has 8 heteroatoms. The molecule has 2 heterocycles. The van der Waals surface area contributed by atoms with Gasteiger partial charge in [-0.05, 0) is 24.6 Å². The van der Waals surface area contributed by atoms with Gasteiger partial charge in [-0.15, -0.1) is 0 Å². The molecule has 3 rings (SSSR count). The Kier molecular flexibility index (Phi) is 5.69. The lowest BCUT2D eigenvalue weighted by Gasteiger charge is -2.17. The fraction of sp³-hybridized carbons (Fsp3) is 0.200. The first-order valence-electron chi connectivity index (χ1n) is 8.69. The van der Waals surface area contributed by atoms with E-state index in [4.69, 9.17) is 0 Å². The maximum Gasteiger partial charge on any atom is 0.270 e. The summed E-state index contributed by atoms with van der Waals surface area (Å²) in [6.07, 6.45) is 3.29. The summed E-state index contributed by atoms with van der Waals surface area (Å²) in [4.78, 5) is 45.1. The highest BCUT2D eigenvalue weighted by Gasteiger charge is 2.27. The molecule has 3 aromatic rings. The van der Waals surface area contributed by atoms with E-state index in [1.807, 2.05) is 30.3 Å². The smallest absolute Gasteiger partial charge is 0.270 e. The third-order valence-electron chi connectivity index (χ3n) is 4.06. The van der Waals surface area contributed by atoms with Crippen LogP contribution in [-0.2, 0) is 16.0 Å². The summed E-state index contributed by atoms with van der Waals surface area (Å²) in [5.74, 6) is -1.57. The Labute approximate surface area is 161 Å². The van der Waals surface area contributed by atoms with Gasteiger partial charge in [0, 0.05) is 25.7 Å². The van der Waals surface area contributed by atoms with Gasteiger partial charge in [-0.2, -0.15) is 9.78 Å². The quantitative estimate of drug-likeness (QED) is 0.625. The van der Waals surface area contributed by atoms with Gasteiger partial charge < -0.3 is 5.32 Å². The number of carbonyl (C=O) groups excluding carboxylic acids is 3. The number of carbonyl (C=O) groups is 3. The molecule has 2 aromatic heterocycles. The summed E-state index contributed by atoms with van der Waals surface area (Å²) in [6.45, 7) is 2.93. The number of aromatic nitrogens is 4. The summed E-state index contributed by atoms with van der Waals surface area (Å²) in [6, 6.07) is 11.4. The zero-order chi connectivity index (χ0) is 20.1. The van der Waals surface area contributed by atoms with Crippen molar-refractivity contribution in [1.29, 1.82) is 0 Å². The van der Waals surface area contributed by atoms with Crippen molar-refractivity contribution in [2.75, 3.05) is 0 Å². The number of hydrogen-bond acceptors (Lipinski definition) is 6. The van der Waals surface area contributed by atoms with Crippen LogP contribution in [0.5, 0.6) is 0 Å². The van der Waals surface area contributed by atoms with Gasteiger partial charge in [-0.1, -0.05) is 30.3 Å². The highest BCUT2D eigenvalue weighted by molar-refractivity contribution is 6.38. The maximum atomic E-state index is 12.9. The molecule has 0 fully saturated rings. The second kappa shape index (κ2) is 8.34. The zero-order valence-corrected chi connectivity index (χ0v) is 15.5. The number of hydrogen-bond donors (Lipinski definition) is 1. The average molecular weight is 377 g/mol. The minimum atomic E-state index is -0.979. The lowest BCUT2D eigenvalue weighted by Crippen LogP contribution is -2.45. The third kappa shape index (κ3) is 4.35. The van der Waals surface area contributed by atoms with Crippen LogP contribution < -0.4 is 5.32 Å². The second-order valence-corrected chi connectivity index (χ2v) is 6.27. The predicted molar refractivity (Wildman–Crippen MR) is 101 cm³/mol. The molecule has 1 N–H and O–H groups in total. The number of Topliss-reactive ketones (excluding diaryl/α,β-unsaturated/α-hetero) is 2. The molecular formula is C20H19N5O3. The Hall–Kier alpha value is -3.68. The van der Waals surface area contributed by atoms with Gasteiger partial charge >= 0.3 is 0 Å². The normalized spacial score (nSPS) is 11.6. The molecule has 0 aliphatic rings. The van der Waals surface area contributed by atoms with Crippen molar-refractivity contribution in [3.8, 4) is 5.95 Å². The Bertz CT molecular complexity index is 999. The minimum absolute atomic E-state index is 0.179. The van der Waals surface area contributed by atoms with Crippen LogP contribution in [0.15, 0.2) is 54.9 Å². The fourth-order valence-corrected chi connectivity index (χ4v) is 2.75. The molecule has 28 heavy (non-hydrogen) atoms. The van der Waals surface area contributed by atoms with Crippen LogP contribution in [0.1, 0.15) is 28.7 Å². The topological polar surface area (TPSA) is 107 Å². The zero-order valence-electron chi connectivity index (χ0n) is 15.5. The van der Waals surface area contributed by atoms with Crippen LogP contribution in [0.2, 0.25) is 0 Å². The predicted octanol–water partition coefficient (Wildman–Crippen LogP) is 1.47. The largest absolute Gasteiger partial charge is 0.340 e. The molecule has 1 unspecified atom stereocenters.